The van der Waals surface area contributed by atoms with Crippen molar-refractivity contribution in [3.8, 4) is 0 Å². The Morgan fingerprint density at radius 2 is 2.16 bits per heavy atom. The summed E-state index contributed by atoms with van der Waals surface area (Å²) in [6.07, 6.45) is 0.861. The van der Waals surface area contributed by atoms with Gasteiger partial charge in [-0.1, -0.05) is 12.2 Å². The molecule has 0 bridgehead atoms. The Bertz CT molecular complexity index is 649. The van der Waals surface area contributed by atoms with Crippen LogP contribution in [0.3, 0.4) is 0 Å². The van der Waals surface area contributed by atoms with Crippen molar-refractivity contribution in [2.75, 3.05) is 6.54 Å². The van der Waals surface area contributed by atoms with Gasteiger partial charge >= 0.3 is 5.97 Å². The molecular formula is C13H15NO4S. The Kier molecular flexibility index (Phi) is 3.47. The molecule has 2 N–H and O–H groups in total. The largest absolute Gasteiger partial charge is 0.478 e. The molecule has 1 saturated carbocycles. The third-order valence-electron chi connectivity index (χ3n) is 3.16. The smallest absolute Gasteiger partial charge is 0.335 e. The van der Waals surface area contributed by atoms with Gasteiger partial charge in [0, 0.05) is 6.54 Å². The van der Waals surface area contributed by atoms with Crippen molar-refractivity contribution in [2.24, 2.45) is 5.92 Å². The number of aromatic carboxylic acids is 1. The van der Waals surface area contributed by atoms with E-state index in [-0.39, 0.29) is 16.4 Å². The van der Waals surface area contributed by atoms with E-state index in [9.17, 15) is 13.2 Å². The molecule has 0 amide bonds. The van der Waals surface area contributed by atoms with Crippen LogP contribution in [0.4, 0.5) is 0 Å². The quantitative estimate of drug-likeness (QED) is 0.802. The predicted molar refractivity (Wildman–Crippen MR) is 70.6 cm³/mol. The maximum atomic E-state index is 12.1. The average Bonchev–Trinajstić information content (AvgIpc) is 3.02. The number of rotatable bonds is 5. The topological polar surface area (TPSA) is 83.5 Å². The third kappa shape index (κ3) is 3.02. The van der Waals surface area contributed by atoms with Crippen LogP contribution in [0.25, 0.3) is 0 Å². The first-order valence-electron chi connectivity index (χ1n) is 5.82. The predicted octanol–water partition coefficient (Wildman–Crippen LogP) is 1.55. The summed E-state index contributed by atoms with van der Waals surface area (Å²) in [6.45, 7) is 5.70. The summed E-state index contributed by atoms with van der Waals surface area (Å²) in [5.41, 5.74) is 1.55. The van der Waals surface area contributed by atoms with E-state index >= 15 is 0 Å². The molecule has 0 heterocycles. The van der Waals surface area contributed by atoms with E-state index in [2.05, 4.69) is 11.3 Å². The molecular weight excluding hydrogens is 266 g/mol. The van der Waals surface area contributed by atoms with Gasteiger partial charge in [-0.25, -0.2) is 17.9 Å². The van der Waals surface area contributed by atoms with Crippen molar-refractivity contribution in [3.63, 3.8) is 0 Å². The van der Waals surface area contributed by atoms with Crippen LogP contribution in [0.1, 0.15) is 22.3 Å². The molecule has 1 fully saturated rings. The van der Waals surface area contributed by atoms with Gasteiger partial charge in [-0.2, -0.15) is 0 Å². The van der Waals surface area contributed by atoms with Crippen LogP contribution in [-0.4, -0.2) is 26.0 Å². The number of hydrogen-bond acceptors (Lipinski definition) is 3. The van der Waals surface area contributed by atoms with Gasteiger partial charge in [0.1, 0.15) is 0 Å². The summed E-state index contributed by atoms with van der Waals surface area (Å²) in [4.78, 5) is 10.9. The lowest BCUT2D eigenvalue weighted by Gasteiger charge is -2.09. The third-order valence-corrected chi connectivity index (χ3v) is 4.74. The number of nitrogens with one attached hydrogen (secondary N) is 1. The van der Waals surface area contributed by atoms with E-state index in [0.717, 1.165) is 12.0 Å². The fraction of sp³-hybridized carbons (Fsp3) is 0.308. The first-order valence-corrected chi connectivity index (χ1v) is 7.31. The minimum Gasteiger partial charge on any atom is -0.478 e. The molecule has 102 valence electrons. The van der Waals surface area contributed by atoms with Gasteiger partial charge in [-0.05, 0) is 43.0 Å². The first-order chi connectivity index (χ1) is 8.81. The van der Waals surface area contributed by atoms with E-state index in [1.807, 2.05) is 0 Å². The molecule has 1 atom stereocenters. The lowest BCUT2D eigenvalue weighted by molar-refractivity contribution is 0.0696. The fourth-order valence-corrected chi connectivity index (χ4v) is 3.15. The van der Waals surface area contributed by atoms with Gasteiger partial charge in [0.15, 0.2) is 0 Å². The molecule has 0 spiro atoms. The first kappa shape index (κ1) is 13.8. The summed E-state index contributed by atoms with van der Waals surface area (Å²) in [5, 5.41) is 8.84. The summed E-state index contributed by atoms with van der Waals surface area (Å²) in [6, 6.07) is 3.97. The molecule has 19 heavy (non-hydrogen) atoms. The molecule has 1 aromatic rings. The lowest BCUT2D eigenvalue weighted by atomic mass is 10.1. The molecule has 1 unspecified atom stereocenters. The van der Waals surface area contributed by atoms with Crippen molar-refractivity contribution < 1.29 is 18.3 Å². The van der Waals surface area contributed by atoms with Gasteiger partial charge in [0.2, 0.25) is 10.0 Å². The second kappa shape index (κ2) is 4.79. The number of carboxylic acids is 1. The molecule has 0 aliphatic heterocycles. The Morgan fingerprint density at radius 3 is 2.63 bits per heavy atom. The second-order valence-corrected chi connectivity index (χ2v) is 6.43. The number of benzene rings is 1. The molecule has 0 saturated heterocycles. The minimum atomic E-state index is -3.60. The van der Waals surface area contributed by atoms with Gasteiger partial charge in [-0.15, -0.1) is 0 Å². The SMILES string of the molecule is C=C1CC1CNS(=O)(=O)c1ccc(C(=O)O)cc1C. The lowest BCUT2D eigenvalue weighted by Crippen LogP contribution is -2.26. The number of sulfonamides is 1. The Balaban J connectivity index is 2.20. The minimum absolute atomic E-state index is 0.0759. The molecule has 1 aromatic carbocycles. The van der Waals surface area contributed by atoms with Crippen molar-refractivity contribution >= 4 is 16.0 Å². The summed E-state index contributed by atoms with van der Waals surface area (Å²) in [7, 11) is -3.60. The normalized spacial score (nSPS) is 18.4. The Hall–Kier alpha value is -1.66. The zero-order valence-electron chi connectivity index (χ0n) is 10.5. The zero-order chi connectivity index (χ0) is 14.2. The highest BCUT2D eigenvalue weighted by atomic mass is 32.2. The van der Waals surface area contributed by atoms with Crippen molar-refractivity contribution in [3.05, 3.63) is 41.5 Å². The Labute approximate surface area is 112 Å². The van der Waals surface area contributed by atoms with Crippen LogP contribution >= 0.6 is 0 Å². The van der Waals surface area contributed by atoms with Gasteiger partial charge < -0.3 is 5.11 Å². The van der Waals surface area contributed by atoms with E-state index in [4.69, 9.17) is 5.11 Å². The monoisotopic (exact) mass is 281 g/mol. The fourth-order valence-electron chi connectivity index (χ4n) is 1.85. The van der Waals surface area contributed by atoms with Gasteiger partial charge in [0.05, 0.1) is 10.5 Å². The number of carboxylic acid groups (broad SMARTS) is 1. The van der Waals surface area contributed by atoms with E-state index in [0.29, 0.717) is 12.1 Å². The second-order valence-electron chi connectivity index (χ2n) is 4.70. The number of carbonyl (C=O) groups is 1. The number of aryl methyl sites for hydroxylation is 1. The highest BCUT2D eigenvalue weighted by Gasteiger charge is 2.29. The zero-order valence-corrected chi connectivity index (χ0v) is 11.3. The Morgan fingerprint density at radius 1 is 1.53 bits per heavy atom. The molecule has 5 nitrogen and oxygen atoms in total. The molecule has 2 rings (SSSR count). The summed E-state index contributed by atoms with van der Waals surface area (Å²) in [5.74, 6) is -0.845. The van der Waals surface area contributed by atoms with Gasteiger partial charge in [-0.3, -0.25) is 0 Å². The van der Waals surface area contributed by atoms with Crippen molar-refractivity contribution in [1.29, 1.82) is 0 Å². The van der Waals surface area contributed by atoms with Crippen molar-refractivity contribution in [2.45, 2.75) is 18.2 Å². The molecule has 6 heteroatoms. The van der Waals surface area contributed by atoms with Crippen LogP contribution in [0.15, 0.2) is 35.2 Å². The maximum absolute atomic E-state index is 12.1. The maximum Gasteiger partial charge on any atom is 0.335 e. The summed E-state index contributed by atoms with van der Waals surface area (Å²) >= 11 is 0. The standard InChI is InChI=1S/C13H15NO4S/c1-8-5-11(8)7-14-19(17,18)12-4-3-10(13(15)16)6-9(12)2/h3-4,6,11,14H,1,5,7H2,2H3,(H,15,16). The van der Waals surface area contributed by atoms with Gasteiger partial charge in [0.25, 0.3) is 0 Å². The molecule has 0 aromatic heterocycles. The highest BCUT2D eigenvalue weighted by molar-refractivity contribution is 7.89. The van der Waals surface area contributed by atoms with E-state index in [1.165, 1.54) is 18.2 Å². The van der Waals surface area contributed by atoms with Crippen LogP contribution in [0, 0.1) is 12.8 Å². The van der Waals surface area contributed by atoms with E-state index < -0.39 is 16.0 Å². The summed E-state index contributed by atoms with van der Waals surface area (Å²) < 4.78 is 26.7. The van der Waals surface area contributed by atoms with E-state index in [1.54, 1.807) is 6.92 Å². The molecule has 0 radical (unpaired) electrons. The molecule has 1 aliphatic carbocycles. The van der Waals surface area contributed by atoms with Crippen LogP contribution in [0.5, 0.6) is 0 Å². The van der Waals surface area contributed by atoms with Crippen LogP contribution in [-0.2, 0) is 10.0 Å². The average molecular weight is 281 g/mol. The van der Waals surface area contributed by atoms with Crippen LogP contribution in [0.2, 0.25) is 0 Å². The van der Waals surface area contributed by atoms with Crippen molar-refractivity contribution in [1.82, 2.24) is 4.72 Å². The van der Waals surface area contributed by atoms with Crippen LogP contribution < -0.4 is 4.72 Å². The molecule has 1 aliphatic rings. The number of hydrogen-bond donors (Lipinski definition) is 2. The highest BCUT2D eigenvalue weighted by Crippen LogP contribution is 2.35.